The van der Waals surface area contributed by atoms with Crippen molar-refractivity contribution in [2.45, 2.75) is 49.2 Å². The number of aliphatic hydroxyl groups is 5. The van der Waals surface area contributed by atoms with E-state index in [4.69, 9.17) is 19.3 Å². The van der Waals surface area contributed by atoms with Gasteiger partial charge in [0.2, 0.25) is 0 Å². The first-order chi connectivity index (χ1) is 8.99. The highest BCUT2D eigenvalue weighted by atomic mass is 19.1. The summed E-state index contributed by atoms with van der Waals surface area (Å²) >= 11 is 0. The third-order valence-electron chi connectivity index (χ3n) is 3.25. The quantitative estimate of drug-likeness (QED) is 0.366. The summed E-state index contributed by atoms with van der Waals surface area (Å²) in [5.41, 5.74) is 0. The zero-order chi connectivity index (χ0) is 14.2. The fourth-order valence-electron chi connectivity index (χ4n) is 2.14. The number of ether oxygens (including phenoxy) is 3. The van der Waals surface area contributed by atoms with E-state index in [0.29, 0.717) is 0 Å². The molecule has 0 spiro atoms. The van der Waals surface area contributed by atoms with Crippen LogP contribution in [0.3, 0.4) is 0 Å². The van der Waals surface area contributed by atoms with Crippen LogP contribution >= 0.6 is 0 Å². The average molecular weight is 284 g/mol. The maximum atomic E-state index is 12.5. The third kappa shape index (κ3) is 2.73. The molecule has 0 unspecified atom stereocenters. The van der Waals surface area contributed by atoms with Gasteiger partial charge in [-0.3, -0.25) is 0 Å². The van der Waals surface area contributed by atoms with Crippen molar-refractivity contribution in [3.8, 4) is 0 Å². The van der Waals surface area contributed by atoms with Crippen molar-refractivity contribution in [3.63, 3.8) is 0 Å². The van der Waals surface area contributed by atoms with E-state index in [-0.39, 0.29) is 0 Å². The number of halogens is 1. The first-order valence-electron chi connectivity index (χ1n) is 5.85. The minimum atomic E-state index is -1.54. The van der Waals surface area contributed by atoms with Crippen molar-refractivity contribution in [2.24, 2.45) is 0 Å². The van der Waals surface area contributed by atoms with Gasteiger partial charge in [0.05, 0.1) is 6.61 Å². The fourth-order valence-corrected chi connectivity index (χ4v) is 2.14. The lowest BCUT2D eigenvalue weighted by Gasteiger charge is -2.24. The summed E-state index contributed by atoms with van der Waals surface area (Å²) in [7, 11) is 0. The summed E-state index contributed by atoms with van der Waals surface area (Å²) in [4.78, 5) is 0. The Labute approximate surface area is 107 Å². The summed E-state index contributed by atoms with van der Waals surface area (Å²) in [6.07, 6.45) is -10.7. The molecular weight excluding hydrogens is 267 g/mol. The second-order valence-electron chi connectivity index (χ2n) is 4.52. The fraction of sp³-hybridized carbons (Fsp3) is 1.00. The van der Waals surface area contributed by atoms with Crippen LogP contribution in [-0.4, -0.2) is 88.0 Å². The third-order valence-corrected chi connectivity index (χ3v) is 3.25. The van der Waals surface area contributed by atoms with Gasteiger partial charge in [0, 0.05) is 0 Å². The van der Waals surface area contributed by atoms with E-state index in [9.17, 15) is 24.8 Å². The van der Waals surface area contributed by atoms with Gasteiger partial charge in [0.1, 0.15) is 43.3 Å². The Hall–Kier alpha value is -0.390. The monoisotopic (exact) mass is 284 g/mol. The van der Waals surface area contributed by atoms with Crippen LogP contribution in [0.25, 0.3) is 0 Å². The van der Waals surface area contributed by atoms with E-state index in [1.54, 1.807) is 0 Å². The molecule has 8 nitrogen and oxygen atoms in total. The van der Waals surface area contributed by atoms with Crippen molar-refractivity contribution in [3.05, 3.63) is 0 Å². The van der Waals surface area contributed by atoms with Crippen LogP contribution in [0.5, 0.6) is 0 Å². The second-order valence-corrected chi connectivity index (χ2v) is 4.52. The average Bonchev–Trinajstić information content (AvgIpc) is 2.83. The molecule has 5 N–H and O–H groups in total. The smallest absolute Gasteiger partial charge is 0.187 e. The molecule has 19 heavy (non-hydrogen) atoms. The topological polar surface area (TPSA) is 129 Å². The number of hydrogen-bond acceptors (Lipinski definition) is 8. The van der Waals surface area contributed by atoms with Crippen LogP contribution in [0.1, 0.15) is 0 Å². The largest absolute Gasteiger partial charge is 0.394 e. The van der Waals surface area contributed by atoms with Crippen LogP contribution in [0.15, 0.2) is 0 Å². The van der Waals surface area contributed by atoms with E-state index < -0.39 is 62.5 Å². The van der Waals surface area contributed by atoms with E-state index in [0.717, 1.165) is 0 Å². The lowest BCUT2D eigenvalue weighted by molar-refractivity contribution is -0.213. The summed E-state index contributed by atoms with van der Waals surface area (Å²) in [6.45, 7) is -1.54. The van der Waals surface area contributed by atoms with Crippen molar-refractivity contribution in [1.29, 1.82) is 0 Å². The number of aliphatic hydroxyl groups excluding tert-OH is 5. The maximum Gasteiger partial charge on any atom is 0.187 e. The lowest BCUT2D eigenvalue weighted by atomic mass is 10.1. The molecular formula is C10H17FO8. The van der Waals surface area contributed by atoms with Gasteiger partial charge < -0.3 is 39.7 Å². The van der Waals surface area contributed by atoms with Gasteiger partial charge in [-0.25, -0.2) is 4.39 Å². The molecule has 0 aromatic rings. The highest BCUT2D eigenvalue weighted by Gasteiger charge is 2.50. The maximum absolute atomic E-state index is 12.5. The number of alkyl halides is 1. The van der Waals surface area contributed by atoms with E-state index >= 15 is 0 Å². The molecule has 0 amide bonds. The molecule has 2 fully saturated rings. The molecule has 2 saturated heterocycles. The Morgan fingerprint density at radius 3 is 2.16 bits per heavy atom. The second kappa shape index (κ2) is 5.94. The lowest BCUT2D eigenvalue weighted by Crippen LogP contribution is -2.43. The van der Waals surface area contributed by atoms with Crippen molar-refractivity contribution in [1.82, 2.24) is 0 Å². The van der Waals surface area contributed by atoms with Gasteiger partial charge in [0.25, 0.3) is 0 Å². The molecule has 2 aliphatic heterocycles. The first kappa shape index (κ1) is 15.0. The predicted octanol–water partition coefficient (Wildman–Crippen LogP) is -3.14. The highest BCUT2D eigenvalue weighted by molar-refractivity contribution is 4.91. The molecule has 8 atom stereocenters. The van der Waals surface area contributed by atoms with Crippen molar-refractivity contribution in [2.75, 3.05) is 13.3 Å². The standard InChI is InChI=1S/C10H17FO8/c11-1-3-5(13)6(14)10(18-3)19-8-4(2-12)17-9(16)7(8)15/h3-10,12-16H,1-2H2/t3-,4-,5-,6+,7+,8-,9+,10-/m1/s1. The minimum Gasteiger partial charge on any atom is -0.394 e. The molecule has 0 saturated carbocycles. The summed E-state index contributed by atoms with van der Waals surface area (Å²) in [5, 5.41) is 47.0. The Morgan fingerprint density at radius 2 is 1.63 bits per heavy atom. The minimum absolute atomic E-state index is 0.531. The van der Waals surface area contributed by atoms with E-state index in [1.807, 2.05) is 0 Å². The zero-order valence-electron chi connectivity index (χ0n) is 9.87. The normalized spacial score (nSPS) is 50.8. The van der Waals surface area contributed by atoms with Gasteiger partial charge in [-0.15, -0.1) is 0 Å². The molecule has 0 radical (unpaired) electrons. The Bertz CT molecular complexity index is 305. The zero-order valence-corrected chi connectivity index (χ0v) is 9.87. The molecule has 0 aromatic carbocycles. The van der Waals surface area contributed by atoms with Gasteiger partial charge in [0.15, 0.2) is 12.6 Å². The van der Waals surface area contributed by atoms with Gasteiger partial charge >= 0.3 is 0 Å². The van der Waals surface area contributed by atoms with Crippen LogP contribution in [0, 0.1) is 0 Å². The highest BCUT2D eigenvalue weighted by Crippen LogP contribution is 2.29. The predicted molar refractivity (Wildman–Crippen MR) is 55.5 cm³/mol. The molecule has 9 heteroatoms. The van der Waals surface area contributed by atoms with E-state index in [1.165, 1.54) is 0 Å². The van der Waals surface area contributed by atoms with Gasteiger partial charge in [-0.2, -0.15) is 0 Å². The molecule has 0 bridgehead atoms. The van der Waals surface area contributed by atoms with Crippen LogP contribution in [0.4, 0.5) is 4.39 Å². The summed E-state index contributed by atoms with van der Waals surface area (Å²) in [6, 6.07) is 0. The Morgan fingerprint density at radius 1 is 0.947 bits per heavy atom. The summed E-state index contributed by atoms with van der Waals surface area (Å²) < 4.78 is 27.4. The Kier molecular flexibility index (Phi) is 4.69. The number of rotatable bonds is 4. The molecule has 0 aliphatic carbocycles. The first-order valence-corrected chi connectivity index (χ1v) is 5.85. The van der Waals surface area contributed by atoms with E-state index in [2.05, 4.69) is 0 Å². The SMILES string of the molecule is OC[C@H]1O[C@H](O)[C@@H](O)[C@@H]1O[C@H]1O[C@H](CF)[C@@H](O)[C@@H]1O. The van der Waals surface area contributed by atoms with Crippen molar-refractivity contribution < 1.29 is 44.1 Å². The molecule has 112 valence electrons. The number of hydrogen-bond donors (Lipinski definition) is 5. The molecule has 2 aliphatic rings. The van der Waals surface area contributed by atoms with Gasteiger partial charge in [-0.1, -0.05) is 0 Å². The molecule has 2 heterocycles. The van der Waals surface area contributed by atoms with Crippen LogP contribution < -0.4 is 0 Å². The van der Waals surface area contributed by atoms with Crippen LogP contribution in [0.2, 0.25) is 0 Å². The molecule has 0 aromatic heterocycles. The Balaban J connectivity index is 2.00. The van der Waals surface area contributed by atoms with Crippen LogP contribution in [-0.2, 0) is 14.2 Å². The summed E-state index contributed by atoms with van der Waals surface area (Å²) in [5.74, 6) is 0. The molecule has 2 rings (SSSR count). The van der Waals surface area contributed by atoms with Crippen molar-refractivity contribution >= 4 is 0 Å². The van der Waals surface area contributed by atoms with Gasteiger partial charge in [-0.05, 0) is 0 Å².